The maximum atomic E-state index is 12.2. The van der Waals surface area contributed by atoms with Crippen molar-refractivity contribution in [3.63, 3.8) is 0 Å². The molecule has 1 atom stereocenters. The number of anilines is 1. The van der Waals surface area contributed by atoms with Crippen molar-refractivity contribution in [2.24, 2.45) is 5.73 Å². The molecule has 2 rings (SSSR count). The summed E-state index contributed by atoms with van der Waals surface area (Å²) >= 11 is 1.63. The molecule has 1 aliphatic rings. The lowest BCUT2D eigenvalue weighted by molar-refractivity contribution is -0.121. The van der Waals surface area contributed by atoms with Crippen LogP contribution in [0.5, 0.6) is 0 Å². The first-order valence-electron chi connectivity index (χ1n) is 6.16. The van der Waals surface area contributed by atoms with Crippen LogP contribution in [0.15, 0.2) is 41.8 Å². The van der Waals surface area contributed by atoms with Gasteiger partial charge in [0.15, 0.2) is 0 Å². The van der Waals surface area contributed by atoms with Crippen molar-refractivity contribution in [1.29, 1.82) is 0 Å². The number of amides is 1. The topological polar surface area (TPSA) is 64.4 Å². The Balaban J connectivity index is 2.09. The number of nitrogens with one attached hydrogen (secondary N) is 1. The van der Waals surface area contributed by atoms with E-state index in [1.807, 2.05) is 30.3 Å². The molecule has 1 aromatic rings. The highest BCUT2D eigenvalue weighted by Gasteiger charge is 2.38. The monoisotopic (exact) mass is 278 g/mol. The van der Waals surface area contributed by atoms with Crippen LogP contribution in [0, 0.1) is 0 Å². The molecule has 1 fully saturated rings. The fourth-order valence-corrected chi connectivity index (χ4v) is 2.60. The van der Waals surface area contributed by atoms with E-state index >= 15 is 0 Å². The Morgan fingerprint density at radius 3 is 3.05 bits per heavy atom. The molecule has 102 valence electrons. The van der Waals surface area contributed by atoms with Crippen molar-refractivity contribution in [3.8, 4) is 0 Å². The van der Waals surface area contributed by atoms with E-state index in [2.05, 4.69) is 11.9 Å². The van der Waals surface area contributed by atoms with Crippen LogP contribution in [0.4, 0.5) is 5.69 Å². The first kappa shape index (κ1) is 14.1. The van der Waals surface area contributed by atoms with Crippen LogP contribution >= 0.6 is 11.8 Å². The highest BCUT2D eigenvalue weighted by atomic mass is 32.2. The molecule has 3 N–H and O–H groups in total. The third-order valence-electron chi connectivity index (χ3n) is 3.00. The van der Waals surface area contributed by atoms with Crippen molar-refractivity contribution in [3.05, 3.63) is 36.9 Å². The second-order valence-electron chi connectivity index (χ2n) is 4.51. The molecule has 0 bridgehead atoms. The minimum absolute atomic E-state index is 0.184. The van der Waals surface area contributed by atoms with Gasteiger partial charge in [0.25, 0.3) is 0 Å². The zero-order chi connectivity index (χ0) is 13.7. The van der Waals surface area contributed by atoms with Crippen LogP contribution in [-0.4, -0.2) is 30.4 Å². The number of thioether (sulfide) groups is 1. The fourth-order valence-electron chi connectivity index (χ4n) is 1.85. The second kappa shape index (κ2) is 6.23. The highest BCUT2D eigenvalue weighted by Crippen LogP contribution is 2.28. The third-order valence-corrected chi connectivity index (χ3v) is 4.07. The second-order valence-corrected chi connectivity index (χ2v) is 5.57. The van der Waals surface area contributed by atoms with E-state index in [1.165, 1.54) is 0 Å². The number of hydrogen-bond donors (Lipinski definition) is 2. The van der Waals surface area contributed by atoms with Crippen LogP contribution in [0.2, 0.25) is 0 Å². The van der Waals surface area contributed by atoms with Crippen molar-refractivity contribution >= 4 is 23.4 Å². The van der Waals surface area contributed by atoms with Crippen molar-refractivity contribution in [2.45, 2.75) is 16.9 Å². The number of hydrogen-bond acceptors (Lipinski definition) is 4. The lowest BCUT2D eigenvalue weighted by Crippen LogP contribution is -2.51. The molecule has 4 nitrogen and oxygen atoms in total. The number of carbonyl (C=O) groups excluding carboxylic acids is 1. The largest absolute Gasteiger partial charge is 0.379 e. The number of benzene rings is 1. The standard InChI is InChI=1S/C14H18N2O2S/c1-2-9-19-12-6-4-3-5-11(12)16-13(17)14(15)7-8-18-10-14/h2-6H,1,7-10,15H2,(H,16,17). The summed E-state index contributed by atoms with van der Waals surface area (Å²) in [6, 6.07) is 7.68. The first-order valence-corrected chi connectivity index (χ1v) is 7.15. The highest BCUT2D eigenvalue weighted by molar-refractivity contribution is 7.99. The maximum Gasteiger partial charge on any atom is 0.246 e. The van der Waals surface area contributed by atoms with E-state index in [0.717, 1.165) is 16.3 Å². The van der Waals surface area contributed by atoms with Gasteiger partial charge in [-0.3, -0.25) is 4.79 Å². The molecule has 1 aromatic carbocycles. The maximum absolute atomic E-state index is 12.2. The number of carbonyl (C=O) groups is 1. The van der Waals surface area contributed by atoms with E-state index in [4.69, 9.17) is 10.5 Å². The van der Waals surface area contributed by atoms with Crippen LogP contribution in [0.25, 0.3) is 0 Å². The SMILES string of the molecule is C=CCSc1ccccc1NC(=O)C1(N)CCOC1. The van der Waals surface area contributed by atoms with E-state index in [-0.39, 0.29) is 12.5 Å². The van der Waals surface area contributed by atoms with Gasteiger partial charge in [-0.05, 0) is 18.6 Å². The summed E-state index contributed by atoms with van der Waals surface area (Å²) in [6.07, 6.45) is 2.39. The minimum atomic E-state index is -0.907. The van der Waals surface area contributed by atoms with E-state index in [9.17, 15) is 4.79 Å². The minimum Gasteiger partial charge on any atom is -0.379 e. The predicted molar refractivity (Wildman–Crippen MR) is 78.3 cm³/mol. The molecule has 19 heavy (non-hydrogen) atoms. The van der Waals surface area contributed by atoms with Gasteiger partial charge in [0.05, 0.1) is 12.3 Å². The Kier molecular flexibility index (Phi) is 4.63. The average molecular weight is 278 g/mol. The summed E-state index contributed by atoms with van der Waals surface area (Å²) in [6.45, 7) is 4.51. The predicted octanol–water partition coefficient (Wildman–Crippen LogP) is 2.02. The number of para-hydroxylation sites is 1. The normalized spacial score (nSPS) is 22.2. The average Bonchev–Trinajstić information content (AvgIpc) is 2.86. The molecule has 0 saturated carbocycles. The quantitative estimate of drug-likeness (QED) is 0.639. The van der Waals surface area contributed by atoms with Crippen LogP contribution in [0.3, 0.4) is 0 Å². The summed E-state index contributed by atoms with van der Waals surface area (Å²) < 4.78 is 5.21. The van der Waals surface area contributed by atoms with Gasteiger partial charge in [-0.15, -0.1) is 18.3 Å². The fraction of sp³-hybridized carbons (Fsp3) is 0.357. The molecule has 0 radical (unpaired) electrons. The summed E-state index contributed by atoms with van der Waals surface area (Å²) in [5.74, 6) is 0.612. The van der Waals surface area contributed by atoms with Crippen LogP contribution < -0.4 is 11.1 Å². The Labute approximate surface area is 117 Å². The lowest BCUT2D eigenvalue weighted by atomic mass is 9.99. The number of rotatable bonds is 5. The summed E-state index contributed by atoms with van der Waals surface area (Å²) in [5.41, 5.74) is 5.92. The Hall–Kier alpha value is -1.30. The van der Waals surface area contributed by atoms with Gasteiger partial charge in [0.1, 0.15) is 5.54 Å². The summed E-state index contributed by atoms with van der Waals surface area (Å²) in [4.78, 5) is 13.2. The summed E-state index contributed by atoms with van der Waals surface area (Å²) in [7, 11) is 0. The smallest absolute Gasteiger partial charge is 0.246 e. The molecule has 0 aromatic heterocycles. The molecule has 1 saturated heterocycles. The van der Waals surface area contributed by atoms with Crippen LogP contribution in [-0.2, 0) is 9.53 Å². The molecule has 1 aliphatic heterocycles. The van der Waals surface area contributed by atoms with Crippen molar-refractivity contribution in [2.75, 3.05) is 24.3 Å². The molecular formula is C14H18N2O2S. The Morgan fingerprint density at radius 2 is 2.37 bits per heavy atom. The van der Waals surface area contributed by atoms with E-state index < -0.39 is 5.54 Å². The van der Waals surface area contributed by atoms with Crippen LogP contribution in [0.1, 0.15) is 6.42 Å². The molecule has 1 amide bonds. The Bertz CT molecular complexity index is 470. The van der Waals surface area contributed by atoms with Gasteiger partial charge in [-0.25, -0.2) is 0 Å². The van der Waals surface area contributed by atoms with Gasteiger partial charge in [0.2, 0.25) is 5.91 Å². The molecule has 5 heteroatoms. The molecule has 0 spiro atoms. The zero-order valence-electron chi connectivity index (χ0n) is 10.7. The van der Waals surface area contributed by atoms with E-state index in [0.29, 0.717) is 13.0 Å². The molecule has 1 unspecified atom stereocenters. The molecular weight excluding hydrogens is 260 g/mol. The first-order chi connectivity index (χ1) is 9.15. The summed E-state index contributed by atoms with van der Waals surface area (Å²) in [5, 5.41) is 2.90. The number of nitrogens with two attached hydrogens (primary N) is 1. The number of ether oxygens (including phenoxy) is 1. The van der Waals surface area contributed by atoms with Gasteiger partial charge in [-0.1, -0.05) is 18.2 Å². The molecule has 1 heterocycles. The third kappa shape index (κ3) is 3.37. The van der Waals surface area contributed by atoms with Gasteiger partial charge >= 0.3 is 0 Å². The zero-order valence-corrected chi connectivity index (χ0v) is 11.5. The lowest BCUT2D eigenvalue weighted by Gasteiger charge is -2.21. The molecule has 0 aliphatic carbocycles. The van der Waals surface area contributed by atoms with Gasteiger partial charge in [-0.2, -0.15) is 0 Å². The van der Waals surface area contributed by atoms with Crippen molar-refractivity contribution < 1.29 is 9.53 Å². The van der Waals surface area contributed by atoms with Crippen molar-refractivity contribution in [1.82, 2.24) is 0 Å². The Morgan fingerprint density at radius 1 is 1.58 bits per heavy atom. The van der Waals surface area contributed by atoms with Gasteiger partial charge < -0.3 is 15.8 Å². The van der Waals surface area contributed by atoms with E-state index in [1.54, 1.807) is 11.8 Å². The van der Waals surface area contributed by atoms with Gasteiger partial charge in [0, 0.05) is 17.3 Å².